The van der Waals surface area contributed by atoms with Gasteiger partial charge >= 0.3 is 0 Å². The minimum Gasteiger partial charge on any atom is -0.356 e. The van der Waals surface area contributed by atoms with Crippen molar-refractivity contribution in [2.45, 2.75) is 53.1 Å². The van der Waals surface area contributed by atoms with Gasteiger partial charge in [-0.15, -0.1) is 24.0 Å². The Morgan fingerprint density at radius 2 is 1.75 bits per heavy atom. The summed E-state index contributed by atoms with van der Waals surface area (Å²) in [5, 5.41) is 7.06. The molecule has 160 valence electrons. The van der Waals surface area contributed by atoms with Crippen molar-refractivity contribution < 1.29 is 0 Å². The van der Waals surface area contributed by atoms with Crippen LogP contribution in [0.5, 0.6) is 0 Å². The maximum absolute atomic E-state index is 4.81. The van der Waals surface area contributed by atoms with Gasteiger partial charge in [-0.25, -0.2) is 4.99 Å². The third-order valence-electron chi connectivity index (χ3n) is 5.41. The van der Waals surface area contributed by atoms with Crippen LogP contribution in [0.15, 0.2) is 29.3 Å². The number of nitrogens with one attached hydrogen (secondary N) is 2. The second-order valence-corrected chi connectivity index (χ2v) is 7.63. The molecule has 2 N–H and O–H groups in total. The predicted octanol–water partition coefficient (Wildman–Crippen LogP) is 3.47. The minimum absolute atomic E-state index is 0. The first-order valence-electron chi connectivity index (χ1n) is 10.7. The summed E-state index contributed by atoms with van der Waals surface area (Å²) in [7, 11) is 0. The Bertz CT molecular complexity index is 553. The average Bonchev–Trinajstić information content (AvgIpc) is 2.70. The zero-order chi connectivity index (χ0) is 19.5. The zero-order valence-corrected chi connectivity index (χ0v) is 20.5. The molecule has 1 aliphatic rings. The first kappa shape index (κ1) is 25.2. The van der Waals surface area contributed by atoms with Gasteiger partial charge in [0.05, 0.1) is 6.54 Å². The van der Waals surface area contributed by atoms with E-state index in [1.807, 2.05) is 0 Å². The van der Waals surface area contributed by atoms with E-state index < -0.39 is 0 Å². The lowest BCUT2D eigenvalue weighted by Crippen LogP contribution is -2.53. The number of unbranched alkanes of at least 4 members (excludes halogenated alkanes) is 1. The Kier molecular flexibility index (Phi) is 12.7. The number of hydrogen-bond donors (Lipinski definition) is 2. The number of aliphatic imine (C=N–C) groups is 1. The molecule has 0 saturated carbocycles. The number of guanidine groups is 1. The topological polar surface area (TPSA) is 42.9 Å². The van der Waals surface area contributed by atoms with Gasteiger partial charge in [0.2, 0.25) is 0 Å². The van der Waals surface area contributed by atoms with Gasteiger partial charge in [-0.1, -0.05) is 50.1 Å². The molecule has 0 bridgehead atoms. The summed E-state index contributed by atoms with van der Waals surface area (Å²) in [6.07, 6.45) is 2.36. The van der Waals surface area contributed by atoms with Crippen LogP contribution in [0.4, 0.5) is 0 Å². The highest BCUT2D eigenvalue weighted by atomic mass is 127. The SMILES string of the molecule is CCCCNC(=NCc1ccc(C)cc1)NCC(C)N1CCN(CC)CC1.I. The minimum atomic E-state index is 0. The molecule has 1 unspecified atom stereocenters. The Morgan fingerprint density at radius 1 is 1.07 bits per heavy atom. The molecule has 0 spiro atoms. The van der Waals surface area contributed by atoms with Gasteiger partial charge in [0.15, 0.2) is 5.96 Å². The smallest absolute Gasteiger partial charge is 0.191 e. The van der Waals surface area contributed by atoms with E-state index in [1.54, 1.807) is 0 Å². The number of piperazine rings is 1. The highest BCUT2D eigenvalue weighted by Crippen LogP contribution is 2.06. The largest absolute Gasteiger partial charge is 0.356 e. The van der Waals surface area contributed by atoms with Crippen LogP contribution in [0.3, 0.4) is 0 Å². The van der Waals surface area contributed by atoms with Crippen molar-refractivity contribution in [1.82, 2.24) is 20.4 Å². The summed E-state index contributed by atoms with van der Waals surface area (Å²) >= 11 is 0. The number of likely N-dealkylation sites (N-methyl/N-ethyl adjacent to an activating group) is 1. The van der Waals surface area contributed by atoms with Crippen molar-refractivity contribution in [3.8, 4) is 0 Å². The van der Waals surface area contributed by atoms with Crippen LogP contribution in [-0.2, 0) is 6.54 Å². The van der Waals surface area contributed by atoms with Crippen LogP contribution in [-0.4, -0.2) is 67.6 Å². The van der Waals surface area contributed by atoms with E-state index in [4.69, 9.17) is 4.99 Å². The third kappa shape index (κ3) is 9.09. The summed E-state index contributed by atoms with van der Waals surface area (Å²) in [5.41, 5.74) is 2.54. The molecule has 5 nitrogen and oxygen atoms in total. The van der Waals surface area contributed by atoms with Crippen molar-refractivity contribution in [3.05, 3.63) is 35.4 Å². The van der Waals surface area contributed by atoms with Gasteiger partial charge in [-0.3, -0.25) is 4.90 Å². The first-order valence-corrected chi connectivity index (χ1v) is 10.7. The number of hydrogen-bond acceptors (Lipinski definition) is 3. The molecule has 2 rings (SSSR count). The van der Waals surface area contributed by atoms with Crippen LogP contribution < -0.4 is 10.6 Å². The van der Waals surface area contributed by atoms with Crippen molar-refractivity contribution in [3.63, 3.8) is 0 Å². The predicted molar refractivity (Wildman–Crippen MR) is 132 cm³/mol. The Labute approximate surface area is 189 Å². The van der Waals surface area contributed by atoms with E-state index in [9.17, 15) is 0 Å². The van der Waals surface area contributed by atoms with Gasteiger partial charge in [0.25, 0.3) is 0 Å². The van der Waals surface area contributed by atoms with Gasteiger partial charge in [0, 0.05) is 45.3 Å². The molecule has 0 aromatic heterocycles. The summed E-state index contributed by atoms with van der Waals surface area (Å²) in [5.74, 6) is 0.933. The van der Waals surface area contributed by atoms with Crippen molar-refractivity contribution in [2.24, 2.45) is 4.99 Å². The fourth-order valence-corrected chi connectivity index (χ4v) is 3.32. The van der Waals surface area contributed by atoms with Crippen LogP contribution in [0.25, 0.3) is 0 Å². The fraction of sp³-hybridized carbons (Fsp3) is 0.682. The highest BCUT2D eigenvalue weighted by molar-refractivity contribution is 14.0. The Morgan fingerprint density at radius 3 is 2.36 bits per heavy atom. The molecule has 1 aliphatic heterocycles. The van der Waals surface area contributed by atoms with E-state index in [1.165, 1.54) is 37.1 Å². The number of benzene rings is 1. The Balaban J connectivity index is 0.00000392. The standard InChI is InChI=1S/C22H39N5.HI/c1-5-7-12-23-22(25-18-21-10-8-19(3)9-11-21)24-17-20(4)27-15-13-26(6-2)14-16-27;/h8-11,20H,5-7,12-18H2,1-4H3,(H2,23,24,25);1H. The average molecular weight is 502 g/mol. The van der Waals surface area contributed by atoms with Crippen molar-refractivity contribution in [2.75, 3.05) is 45.8 Å². The number of rotatable bonds is 9. The molecule has 1 heterocycles. The molecular formula is C22H40IN5. The van der Waals surface area contributed by atoms with E-state index in [0.29, 0.717) is 12.6 Å². The van der Waals surface area contributed by atoms with Crippen molar-refractivity contribution in [1.29, 1.82) is 0 Å². The summed E-state index contributed by atoms with van der Waals surface area (Å²) in [6, 6.07) is 9.15. The molecule has 0 amide bonds. The second kappa shape index (κ2) is 14.2. The molecule has 28 heavy (non-hydrogen) atoms. The monoisotopic (exact) mass is 501 g/mol. The van der Waals surface area contributed by atoms with Crippen LogP contribution in [0, 0.1) is 6.92 Å². The van der Waals surface area contributed by atoms with Crippen LogP contribution in [0.1, 0.15) is 44.7 Å². The summed E-state index contributed by atoms with van der Waals surface area (Å²) in [6.45, 7) is 17.4. The highest BCUT2D eigenvalue weighted by Gasteiger charge is 2.20. The van der Waals surface area contributed by atoms with E-state index >= 15 is 0 Å². The van der Waals surface area contributed by atoms with Crippen LogP contribution in [0.2, 0.25) is 0 Å². The lowest BCUT2D eigenvalue weighted by atomic mass is 10.1. The Hall–Kier alpha value is -0.860. The second-order valence-electron chi connectivity index (χ2n) is 7.63. The number of aryl methyl sites for hydroxylation is 1. The van der Waals surface area contributed by atoms with E-state index in [0.717, 1.165) is 38.7 Å². The molecule has 1 aromatic rings. The molecule has 1 saturated heterocycles. The molecule has 1 fully saturated rings. The quantitative estimate of drug-likeness (QED) is 0.236. The summed E-state index contributed by atoms with van der Waals surface area (Å²) < 4.78 is 0. The van der Waals surface area contributed by atoms with Gasteiger partial charge in [-0.05, 0) is 32.4 Å². The molecule has 1 atom stereocenters. The maximum Gasteiger partial charge on any atom is 0.191 e. The zero-order valence-electron chi connectivity index (χ0n) is 18.2. The van der Waals surface area contributed by atoms with Gasteiger partial charge in [0.1, 0.15) is 0 Å². The number of halogens is 1. The van der Waals surface area contributed by atoms with E-state index in [-0.39, 0.29) is 24.0 Å². The molecular weight excluding hydrogens is 461 g/mol. The molecule has 0 radical (unpaired) electrons. The normalized spacial score (nSPS) is 17.1. The van der Waals surface area contributed by atoms with Gasteiger partial charge in [-0.2, -0.15) is 0 Å². The third-order valence-corrected chi connectivity index (χ3v) is 5.41. The number of nitrogens with zero attached hydrogens (tertiary/aromatic N) is 3. The molecule has 0 aliphatic carbocycles. The van der Waals surface area contributed by atoms with Crippen LogP contribution >= 0.6 is 24.0 Å². The van der Waals surface area contributed by atoms with E-state index in [2.05, 4.69) is 72.4 Å². The first-order chi connectivity index (χ1) is 13.1. The van der Waals surface area contributed by atoms with Gasteiger partial charge < -0.3 is 15.5 Å². The lowest BCUT2D eigenvalue weighted by molar-refractivity contribution is 0.107. The lowest BCUT2D eigenvalue weighted by Gasteiger charge is -2.37. The van der Waals surface area contributed by atoms with Crippen molar-refractivity contribution >= 4 is 29.9 Å². The maximum atomic E-state index is 4.81. The summed E-state index contributed by atoms with van der Waals surface area (Å²) in [4.78, 5) is 9.92. The molecule has 6 heteroatoms. The molecule has 1 aromatic carbocycles. The fourth-order valence-electron chi connectivity index (χ4n) is 3.32.